The molecule has 2 aromatic rings. The van der Waals surface area contributed by atoms with Crippen LogP contribution < -0.4 is 5.32 Å². The van der Waals surface area contributed by atoms with E-state index in [-0.39, 0.29) is 0 Å². The van der Waals surface area contributed by atoms with Gasteiger partial charge in [-0.25, -0.2) is 0 Å². The number of carbonyl (C=O) groups excluding carboxylic acids is 2. The summed E-state index contributed by atoms with van der Waals surface area (Å²) in [4.78, 5) is 28.2. The Morgan fingerprint density at radius 1 is 0.846 bits per heavy atom. The number of amides is 1. The van der Waals surface area contributed by atoms with Crippen LogP contribution in [0.3, 0.4) is 0 Å². The van der Waals surface area contributed by atoms with Gasteiger partial charge in [0.25, 0.3) is 11.7 Å². The molecular weight excluding hydrogens is 326 g/mol. The molecule has 0 spiro atoms. The first-order valence-corrected chi connectivity index (χ1v) is 9.16. The van der Waals surface area contributed by atoms with Gasteiger partial charge in [0, 0.05) is 39.3 Å². The van der Waals surface area contributed by atoms with Crippen molar-refractivity contribution in [3.63, 3.8) is 0 Å². The fraction of sp³-hybridized carbons (Fsp3) is 0.333. The molecule has 2 aromatic carbocycles. The molecule has 0 aliphatic carbocycles. The summed E-state index contributed by atoms with van der Waals surface area (Å²) in [6, 6.07) is 16.3. The monoisotopic (exact) mass is 349 g/mol. The molecule has 0 aromatic heterocycles. The van der Waals surface area contributed by atoms with Crippen molar-refractivity contribution in [1.29, 1.82) is 0 Å². The zero-order valence-corrected chi connectivity index (χ0v) is 14.8. The van der Waals surface area contributed by atoms with E-state index in [4.69, 9.17) is 0 Å². The molecule has 2 aliphatic heterocycles. The normalized spacial score (nSPS) is 18.0. The zero-order chi connectivity index (χ0) is 17.9. The number of nitrogens with zero attached hydrogens (tertiary/aromatic N) is 2. The Kier molecular flexibility index (Phi) is 4.82. The predicted octanol–water partition coefficient (Wildman–Crippen LogP) is 2.18. The lowest BCUT2D eigenvalue weighted by Crippen LogP contribution is -2.46. The molecule has 1 saturated heterocycles. The molecule has 1 fully saturated rings. The number of nitrogens with one attached hydrogen (secondary N) is 1. The second-order valence-corrected chi connectivity index (χ2v) is 7.02. The third-order valence-corrected chi connectivity index (χ3v) is 5.21. The first kappa shape index (κ1) is 16.9. The minimum atomic E-state index is -0.522. The van der Waals surface area contributed by atoms with Crippen molar-refractivity contribution < 1.29 is 9.59 Å². The molecule has 1 amide bonds. The standard InChI is InChI=1S/C21H23N3O2/c25-20-18-14-16(6-7-19(18)22-21(20)26)8-9-23-10-12-24(13-11-23)15-17-4-2-1-3-5-17/h1-7,14H,8-13,15H2,(H,22,25,26). The molecule has 26 heavy (non-hydrogen) atoms. The Labute approximate surface area is 153 Å². The van der Waals surface area contributed by atoms with Crippen molar-refractivity contribution >= 4 is 17.4 Å². The maximum absolute atomic E-state index is 11.8. The summed E-state index contributed by atoms with van der Waals surface area (Å²) in [5.74, 6) is -0.942. The lowest BCUT2D eigenvalue weighted by molar-refractivity contribution is -0.112. The van der Waals surface area contributed by atoms with E-state index in [1.165, 1.54) is 5.56 Å². The van der Waals surface area contributed by atoms with Gasteiger partial charge < -0.3 is 10.2 Å². The molecule has 0 unspecified atom stereocenters. The second-order valence-electron chi connectivity index (χ2n) is 7.02. The van der Waals surface area contributed by atoms with Crippen LogP contribution in [0.5, 0.6) is 0 Å². The smallest absolute Gasteiger partial charge is 0.296 e. The first-order valence-electron chi connectivity index (χ1n) is 9.16. The van der Waals surface area contributed by atoms with E-state index in [0.29, 0.717) is 11.3 Å². The average Bonchev–Trinajstić information content (AvgIpc) is 2.96. The van der Waals surface area contributed by atoms with E-state index in [1.54, 1.807) is 0 Å². The molecule has 2 heterocycles. The molecule has 5 nitrogen and oxygen atoms in total. The summed E-state index contributed by atoms with van der Waals surface area (Å²) in [6.07, 6.45) is 0.896. The minimum Gasteiger partial charge on any atom is -0.318 e. The van der Waals surface area contributed by atoms with Gasteiger partial charge in [-0.2, -0.15) is 0 Å². The van der Waals surface area contributed by atoms with Gasteiger partial charge in [-0.1, -0.05) is 36.4 Å². The van der Waals surface area contributed by atoms with Crippen molar-refractivity contribution in [2.24, 2.45) is 0 Å². The highest BCUT2D eigenvalue weighted by molar-refractivity contribution is 6.51. The number of ketones is 1. The Bertz CT molecular complexity index is 811. The molecule has 0 bridgehead atoms. The molecule has 5 heteroatoms. The highest BCUT2D eigenvalue weighted by Gasteiger charge is 2.27. The number of anilines is 1. The largest absolute Gasteiger partial charge is 0.318 e. The number of fused-ring (bicyclic) bond motifs is 1. The van der Waals surface area contributed by atoms with Crippen LogP contribution in [0.4, 0.5) is 5.69 Å². The third kappa shape index (κ3) is 3.69. The Morgan fingerprint density at radius 3 is 2.35 bits per heavy atom. The molecule has 4 rings (SSSR count). The number of rotatable bonds is 5. The summed E-state index contributed by atoms with van der Waals surface area (Å²) < 4.78 is 0. The Morgan fingerprint density at radius 2 is 1.58 bits per heavy atom. The molecule has 2 aliphatic rings. The molecule has 0 radical (unpaired) electrons. The maximum Gasteiger partial charge on any atom is 0.296 e. The van der Waals surface area contributed by atoms with Gasteiger partial charge in [-0.15, -0.1) is 0 Å². The lowest BCUT2D eigenvalue weighted by atomic mass is 10.0. The number of Topliss-reactive ketones (excluding diaryl/α,β-unsaturated/α-hetero) is 1. The third-order valence-electron chi connectivity index (χ3n) is 5.21. The van der Waals surface area contributed by atoms with Gasteiger partial charge >= 0.3 is 0 Å². The number of hydrogen-bond donors (Lipinski definition) is 1. The van der Waals surface area contributed by atoms with E-state index in [0.717, 1.165) is 51.3 Å². The van der Waals surface area contributed by atoms with Crippen molar-refractivity contribution in [2.45, 2.75) is 13.0 Å². The number of piperazine rings is 1. The topological polar surface area (TPSA) is 52.7 Å². The number of hydrogen-bond acceptors (Lipinski definition) is 4. The molecule has 0 saturated carbocycles. The van der Waals surface area contributed by atoms with Crippen LogP contribution in [0.25, 0.3) is 0 Å². The van der Waals surface area contributed by atoms with Crippen molar-refractivity contribution in [3.8, 4) is 0 Å². The second kappa shape index (κ2) is 7.40. The van der Waals surface area contributed by atoms with Crippen LogP contribution in [-0.4, -0.2) is 54.2 Å². The van der Waals surface area contributed by atoms with E-state index in [9.17, 15) is 9.59 Å². The molecular formula is C21H23N3O2. The Hall–Kier alpha value is -2.50. The van der Waals surface area contributed by atoms with Crippen LogP contribution in [0.15, 0.2) is 48.5 Å². The molecule has 1 N–H and O–H groups in total. The quantitative estimate of drug-likeness (QED) is 0.841. The van der Waals surface area contributed by atoms with E-state index in [1.807, 2.05) is 18.2 Å². The summed E-state index contributed by atoms with van der Waals surface area (Å²) in [5, 5.41) is 2.60. The number of carbonyl (C=O) groups is 2. The van der Waals surface area contributed by atoms with Gasteiger partial charge in [0.2, 0.25) is 0 Å². The SMILES string of the molecule is O=C1Nc2ccc(CCN3CCN(Cc4ccccc4)CC3)cc2C1=O. The van der Waals surface area contributed by atoms with E-state index < -0.39 is 11.7 Å². The minimum absolute atomic E-state index is 0.420. The van der Waals surface area contributed by atoms with Crippen molar-refractivity contribution in [2.75, 3.05) is 38.0 Å². The van der Waals surface area contributed by atoms with Crippen LogP contribution in [0.1, 0.15) is 21.5 Å². The highest BCUT2D eigenvalue weighted by atomic mass is 16.2. The highest BCUT2D eigenvalue weighted by Crippen LogP contribution is 2.24. The van der Waals surface area contributed by atoms with E-state index >= 15 is 0 Å². The van der Waals surface area contributed by atoms with E-state index in [2.05, 4.69) is 45.4 Å². The van der Waals surface area contributed by atoms with Crippen LogP contribution in [0.2, 0.25) is 0 Å². The van der Waals surface area contributed by atoms with Gasteiger partial charge in [0.1, 0.15) is 0 Å². The summed E-state index contributed by atoms with van der Waals surface area (Å²) in [6.45, 7) is 6.29. The maximum atomic E-state index is 11.8. The van der Waals surface area contributed by atoms with Crippen LogP contribution >= 0.6 is 0 Å². The van der Waals surface area contributed by atoms with Gasteiger partial charge in [-0.3, -0.25) is 14.5 Å². The number of benzene rings is 2. The lowest BCUT2D eigenvalue weighted by Gasteiger charge is -2.34. The fourth-order valence-corrected chi connectivity index (χ4v) is 3.65. The summed E-state index contributed by atoms with van der Waals surface area (Å²) in [5.41, 5.74) is 3.63. The Balaban J connectivity index is 1.27. The van der Waals surface area contributed by atoms with Crippen molar-refractivity contribution in [3.05, 3.63) is 65.2 Å². The van der Waals surface area contributed by atoms with Crippen LogP contribution in [-0.2, 0) is 17.8 Å². The predicted molar refractivity (Wildman–Crippen MR) is 101 cm³/mol. The fourth-order valence-electron chi connectivity index (χ4n) is 3.65. The van der Waals surface area contributed by atoms with Crippen molar-refractivity contribution in [1.82, 2.24) is 9.80 Å². The summed E-state index contributed by atoms with van der Waals surface area (Å²) >= 11 is 0. The first-order chi connectivity index (χ1) is 12.7. The molecule has 0 atom stereocenters. The average molecular weight is 349 g/mol. The van der Waals surface area contributed by atoms with Gasteiger partial charge in [0.15, 0.2) is 0 Å². The molecule has 134 valence electrons. The zero-order valence-electron chi connectivity index (χ0n) is 14.8. The summed E-state index contributed by atoms with van der Waals surface area (Å²) in [7, 11) is 0. The van der Waals surface area contributed by atoms with Gasteiger partial charge in [-0.05, 0) is 29.7 Å². The van der Waals surface area contributed by atoms with Crippen LogP contribution in [0, 0.1) is 0 Å². The van der Waals surface area contributed by atoms with Gasteiger partial charge in [0.05, 0.1) is 11.3 Å².